The molecule has 1 atom stereocenters. The van der Waals surface area contributed by atoms with Crippen LogP contribution in [0.4, 0.5) is 0 Å². The molecule has 0 saturated heterocycles. The predicted molar refractivity (Wildman–Crippen MR) is 86.7 cm³/mol. The van der Waals surface area contributed by atoms with Crippen molar-refractivity contribution in [3.63, 3.8) is 0 Å². The lowest BCUT2D eigenvalue weighted by atomic mass is 10.1. The third kappa shape index (κ3) is 3.70. The maximum absolute atomic E-state index is 4.58. The Hall–Kier alpha value is -1.13. The average Bonchev–Trinajstić information content (AvgIpc) is 2.88. The van der Waals surface area contributed by atoms with Crippen molar-refractivity contribution in [3.05, 3.63) is 51.8 Å². The Balaban J connectivity index is 2.00. The van der Waals surface area contributed by atoms with E-state index in [9.17, 15) is 0 Å². The monoisotopic (exact) mass is 335 g/mol. The van der Waals surface area contributed by atoms with Crippen LogP contribution in [0.15, 0.2) is 34.8 Å². The van der Waals surface area contributed by atoms with Gasteiger partial charge in [-0.25, -0.2) is 0 Å². The van der Waals surface area contributed by atoms with Crippen LogP contribution in [0.25, 0.3) is 0 Å². The van der Waals surface area contributed by atoms with Crippen LogP contribution < -0.4 is 5.32 Å². The highest BCUT2D eigenvalue weighted by atomic mass is 79.9. The maximum Gasteiger partial charge on any atom is 0.0625 e. The van der Waals surface area contributed by atoms with E-state index in [0.29, 0.717) is 6.04 Å². The second-order valence-electron chi connectivity index (χ2n) is 4.95. The van der Waals surface area contributed by atoms with E-state index in [-0.39, 0.29) is 0 Å². The molecule has 2 rings (SSSR count). The highest BCUT2D eigenvalue weighted by Gasteiger charge is 2.08. The maximum atomic E-state index is 4.58. The fourth-order valence-corrected chi connectivity index (χ4v) is 2.50. The van der Waals surface area contributed by atoms with Crippen LogP contribution in [0.5, 0.6) is 0 Å². The first-order chi connectivity index (χ1) is 9.63. The van der Waals surface area contributed by atoms with Crippen molar-refractivity contribution in [2.75, 3.05) is 0 Å². The van der Waals surface area contributed by atoms with E-state index in [1.54, 1.807) is 0 Å². The Morgan fingerprint density at radius 3 is 2.55 bits per heavy atom. The number of nitrogens with one attached hydrogen (secondary N) is 1. The van der Waals surface area contributed by atoms with Gasteiger partial charge in [-0.1, -0.05) is 35.0 Å². The molecular weight excluding hydrogens is 314 g/mol. The summed E-state index contributed by atoms with van der Waals surface area (Å²) in [7, 11) is 0. The summed E-state index contributed by atoms with van der Waals surface area (Å²) in [5.74, 6) is 0. The quantitative estimate of drug-likeness (QED) is 0.861. The van der Waals surface area contributed by atoms with Gasteiger partial charge in [-0.3, -0.25) is 4.68 Å². The molecule has 0 aliphatic heterocycles. The van der Waals surface area contributed by atoms with Crippen molar-refractivity contribution in [2.45, 2.75) is 46.3 Å². The molecule has 1 N–H and O–H groups in total. The molecule has 0 aliphatic rings. The SMILES string of the molecule is CCc1cc(CN[C@@H](C)c2ccc(Br)cc2)n(CC)n1. The zero-order chi connectivity index (χ0) is 14.5. The minimum atomic E-state index is 0.327. The van der Waals surface area contributed by atoms with E-state index < -0.39 is 0 Å². The van der Waals surface area contributed by atoms with E-state index in [0.717, 1.165) is 24.0 Å². The summed E-state index contributed by atoms with van der Waals surface area (Å²) >= 11 is 3.47. The summed E-state index contributed by atoms with van der Waals surface area (Å²) < 4.78 is 3.20. The van der Waals surface area contributed by atoms with Gasteiger partial charge in [0.05, 0.1) is 11.4 Å². The van der Waals surface area contributed by atoms with Crippen LogP contribution in [0.2, 0.25) is 0 Å². The normalized spacial score (nSPS) is 12.6. The van der Waals surface area contributed by atoms with E-state index in [1.165, 1.54) is 17.0 Å². The second kappa shape index (κ2) is 7.04. The summed E-state index contributed by atoms with van der Waals surface area (Å²) in [5.41, 5.74) is 3.72. The molecule has 1 aromatic carbocycles. The van der Waals surface area contributed by atoms with Gasteiger partial charge < -0.3 is 5.32 Å². The molecule has 4 heteroatoms. The smallest absolute Gasteiger partial charge is 0.0625 e. The molecule has 0 saturated carbocycles. The first-order valence-corrected chi connectivity index (χ1v) is 7.97. The van der Waals surface area contributed by atoms with Crippen molar-refractivity contribution >= 4 is 15.9 Å². The summed E-state index contributed by atoms with van der Waals surface area (Å²) in [6, 6.07) is 11.0. The first kappa shape index (κ1) is 15.3. The van der Waals surface area contributed by atoms with Gasteiger partial charge in [0.1, 0.15) is 0 Å². The number of aryl methyl sites for hydroxylation is 2. The zero-order valence-electron chi connectivity index (χ0n) is 12.4. The fourth-order valence-electron chi connectivity index (χ4n) is 2.23. The number of halogens is 1. The van der Waals surface area contributed by atoms with Crippen LogP contribution in [-0.2, 0) is 19.5 Å². The third-order valence-electron chi connectivity index (χ3n) is 3.54. The Morgan fingerprint density at radius 1 is 1.25 bits per heavy atom. The second-order valence-corrected chi connectivity index (χ2v) is 5.87. The largest absolute Gasteiger partial charge is 0.305 e. The third-order valence-corrected chi connectivity index (χ3v) is 4.06. The van der Waals surface area contributed by atoms with Crippen LogP contribution in [-0.4, -0.2) is 9.78 Å². The van der Waals surface area contributed by atoms with Gasteiger partial charge >= 0.3 is 0 Å². The van der Waals surface area contributed by atoms with Gasteiger partial charge in [0.25, 0.3) is 0 Å². The Bertz CT molecular complexity index is 545. The van der Waals surface area contributed by atoms with E-state index >= 15 is 0 Å². The molecular formula is C16H22BrN3. The minimum absolute atomic E-state index is 0.327. The van der Waals surface area contributed by atoms with E-state index in [1.807, 2.05) is 0 Å². The van der Waals surface area contributed by atoms with Crippen LogP contribution in [0.1, 0.15) is 43.8 Å². The Kier molecular flexibility index (Phi) is 5.38. The molecule has 1 aromatic heterocycles. The van der Waals surface area contributed by atoms with E-state index in [2.05, 4.69) is 82.1 Å². The number of benzene rings is 1. The van der Waals surface area contributed by atoms with Gasteiger partial charge in [-0.15, -0.1) is 0 Å². The Morgan fingerprint density at radius 2 is 1.95 bits per heavy atom. The fraction of sp³-hybridized carbons (Fsp3) is 0.438. The number of aromatic nitrogens is 2. The molecule has 0 bridgehead atoms. The van der Waals surface area contributed by atoms with E-state index in [4.69, 9.17) is 0 Å². The Labute approximate surface area is 129 Å². The van der Waals surface area contributed by atoms with Crippen molar-refractivity contribution in [1.82, 2.24) is 15.1 Å². The van der Waals surface area contributed by atoms with Gasteiger partial charge in [0, 0.05) is 23.6 Å². The summed E-state index contributed by atoms with van der Waals surface area (Å²) in [4.78, 5) is 0. The standard InChI is InChI=1S/C16H22BrN3/c1-4-15-10-16(20(5-2)19-15)11-18-12(3)13-6-8-14(17)9-7-13/h6-10,12,18H,4-5,11H2,1-3H3/t12-/m0/s1. The molecule has 0 fully saturated rings. The molecule has 0 amide bonds. The highest BCUT2D eigenvalue weighted by molar-refractivity contribution is 9.10. The van der Waals surface area contributed by atoms with Crippen LogP contribution in [0.3, 0.4) is 0 Å². The molecule has 20 heavy (non-hydrogen) atoms. The predicted octanol–water partition coefficient (Wildman–Crippen LogP) is 4.08. The number of rotatable bonds is 6. The molecule has 0 radical (unpaired) electrons. The van der Waals surface area contributed by atoms with Gasteiger partial charge in [0.15, 0.2) is 0 Å². The van der Waals surface area contributed by atoms with Crippen LogP contribution in [0, 0.1) is 0 Å². The number of nitrogens with zero attached hydrogens (tertiary/aromatic N) is 2. The topological polar surface area (TPSA) is 29.9 Å². The molecule has 0 unspecified atom stereocenters. The first-order valence-electron chi connectivity index (χ1n) is 7.18. The average molecular weight is 336 g/mol. The number of hydrogen-bond donors (Lipinski definition) is 1. The molecule has 1 heterocycles. The van der Waals surface area contributed by atoms with Gasteiger partial charge in [-0.05, 0) is 44.0 Å². The number of hydrogen-bond acceptors (Lipinski definition) is 2. The molecule has 0 spiro atoms. The lowest BCUT2D eigenvalue weighted by Gasteiger charge is -2.14. The van der Waals surface area contributed by atoms with Gasteiger partial charge in [-0.2, -0.15) is 5.10 Å². The zero-order valence-corrected chi connectivity index (χ0v) is 13.9. The van der Waals surface area contributed by atoms with Crippen molar-refractivity contribution in [2.24, 2.45) is 0 Å². The molecule has 108 valence electrons. The van der Waals surface area contributed by atoms with Crippen molar-refractivity contribution in [3.8, 4) is 0 Å². The summed E-state index contributed by atoms with van der Waals surface area (Å²) in [5, 5.41) is 8.15. The minimum Gasteiger partial charge on any atom is -0.305 e. The van der Waals surface area contributed by atoms with Gasteiger partial charge in [0.2, 0.25) is 0 Å². The van der Waals surface area contributed by atoms with Crippen molar-refractivity contribution < 1.29 is 0 Å². The molecule has 2 aromatic rings. The lowest BCUT2D eigenvalue weighted by Crippen LogP contribution is -2.20. The highest BCUT2D eigenvalue weighted by Crippen LogP contribution is 2.17. The lowest BCUT2D eigenvalue weighted by molar-refractivity contribution is 0.530. The van der Waals surface area contributed by atoms with Crippen molar-refractivity contribution in [1.29, 1.82) is 0 Å². The summed E-state index contributed by atoms with van der Waals surface area (Å²) in [6.07, 6.45) is 0.988. The molecule has 3 nitrogen and oxygen atoms in total. The molecule has 0 aliphatic carbocycles. The van der Waals surface area contributed by atoms with Crippen LogP contribution >= 0.6 is 15.9 Å². The summed E-state index contributed by atoms with van der Waals surface area (Å²) in [6.45, 7) is 8.23.